The van der Waals surface area contributed by atoms with Crippen molar-refractivity contribution in [3.05, 3.63) is 81.9 Å². The van der Waals surface area contributed by atoms with E-state index >= 15 is 0 Å². The van der Waals surface area contributed by atoms with Crippen LogP contribution in [0.1, 0.15) is 94.7 Å². The molecule has 0 radical (unpaired) electrons. The summed E-state index contributed by atoms with van der Waals surface area (Å²) in [4.78, 5) is 60.3. The molecule has 0 fully saturated rings. The zero-order chi connectivity index (χ0) is 49.9. The summed E-state index contributed by atoms with van der Waals surface area (Å²) in [6.45, 7) is 13.5. The lowest BCUT2D eigenvalue weighted by atomic mass is 10.00. The highest BCUT2D eigenvalue weighted by Gasteiger charge is 2.37. The summed E-state index contributed by atoms with van der Waals surface area (Å²) < 4.78 is 53.3. The smallest absolute Gasteiger partial charge is 0.256 e. The van der Waals surface area contributed by atoms with E-state index < -0.39 is 19.7 Å². The maximum atomic E-state index is 12.4. The molecule has 364 valence electrons. The Labute approximate surface area is 396 Å². The minimum Gasteiger partial charge on any atom is -0.392 e. The zero-order valence-electron chi connectivity index (χ0n) is 40.5. The molecule has 2 amide bonds. The van der Waals surface area contributed by atoms with Crippen molar-refractivity contribution in [1.82, 2.24) is 48.8 Å². The van der Waals surface area contributed by atoms with Gasteiger partial charge in [-0.3, -0.25) is 9.59 Å². The first-order valence-corrected chi connectivity index (χ1v) is 26.0. The number of aliphatic hydroxyl groups excluding tert-OH is 2. The number of hydrogen-bond donors (Lipinski definition) is 2. The van der Waals surface area contributed by atoms with Crippen LogP contribution in [-0.2, 0) is 46.0 Å². The van der Waals surface area contributed by atoms with Crippen LogP contribution in [0, 0.1) is 25.7 Å². The van der Waals surface area contributed by atoms with Crippen molar-refractivity contribution in [3.63, 3.8) is 0 Å². The van der Waals surface area contributed by atoms with Crippen molar-refractivity contribution in [2.24, 2.45) is 11.8 Å². The molecule has 0 saturated heterocycles. The summed E-state index contributed by atoms with van der Waals surface area (Å²) in [6.07, 6.45) is 5.43. The summed E-state index contributed by atoms with van der Waals surface area (Å²) in [7, 11) is -0.253. The average molecular weight is 973 g/mol. The number of imidazole rings is 2. The predicted molar refractivity (Wildman–Crippen MR) is 257 cm³/mol. The standard InChI is InChI=1S/2C23H30N6O4S/c2*1-13(2)20-21-26-17-9-15(12-30)19(34(6,32)33)10-18(17)28(21)7-8-29(20)23-24-11-16(14(3)25-23)22(31)27(4)5/h2*9-11,13,20,30H,7-8,12H2,1-6H3/t2*20-/m10/s1. The second kappa shape index (κ2) is 18.8. The van der Waals surface area contributed by atoms with Gasteiger partial charge in [0.05, 0.1) is 79.7 Å². The lowest BCUT2D eigenvalue weighted by Gasteiger charge is -2.38. The topological polar surface area (TPSA) is 243 Å². The Morgan fingerprint density at radius 1 is 0.618 bits per heavy atom. The summed E-state index contributed by atoms with van der Waals surface area (Å²) in [5.41, 5.74) is 5.54. The highest BCUT2D eigenvalue weighted by molar-refractivity contribution is 7.91. The van der Waals surface area contributed by atoms with E-state index in [1.54, 1.807) is 78.7 Å². The number of rotatable bonds is 10. The van der Waals surface area contributed by atoms with E-state index in [1.807, 2.05) is 9.13 Å². The maximum Gasteiger partial charge on any atom is 0.256 e. The number of carbonyl (C=O) groups is 2. The lowest BCUT2D eigenvalue weighted by molar-refractivity contribution is 0.0818. The van der Waals surface area contributed by atoms with Gasteiger partial charge in [0.2, 0.25) is 11.9 Å². The van der Waals surface area contributed by atoms with E-state index in [4.69, 9.17) is 9.97 Å². The first-order valence-electron chi connectivity index (χ1n) is 22.2. The number of aliphatic hydroxyl groups is 2. The number of amides is 2. The molecule has 22 heteroatoms. The Hall–Kier alpha value is -6.10. The molecule has 6 aromatic rings. The lowest BCUT2D eigenvalue weighted by Crippen LogP contribution is -2.42. The first kappa shape index (κ1) is 49.8. The van der Waals surface area contributed by atoms with Crippen molar-refractivity contribution in [3.8, 4) is 0 Å². The summed E-state index contributed by atoms with van der Waals surface area (Å²) in [5, 5.41) is 19.5. The molecule has 2 aliphatic rings. The van der Waals surface area contributed by atoms with Crippen molar-refractivity contribution >= 4 is 65.5 Å². The Kier molecular flexibility index (Phi) is 13.7. The van der Waals surface area contributed by atoms with Gasteiger partial charge < -0.3 is 38.9 Å². The summed E-state index contributed by atoms with van der Waals surface area (Å²) >= 11 is 0. The van der Waals surface area contributed by atoms with Gasteiger partial charge in [-0.2, -0.15) is 0 Å². The molecule has 2 N–H and O–H groups in total. The molecule has 2 aromatic carbocycles. The molecule has 0 unspecified atom stereocenters. The summed E-state index contributed by atoms with van der Waals surface area (Å²) in [5.74, 6) is 2.64. The monoisotopic (exact) mass is 972 g/mol. The quantitative estimate of drug-likeness (QED) is 0.198. The number of benzene rings is 2. The number of aromatic nitrogens is 8. The minimum atomic E-state index is -3.51. The van der Waals surface area contributed by atoms with Gasteiger partial charge in [-0.1, -0.05) is 27.7 Å². The minimum absolute atomic E-state index is 0.119. The van der Waals surface area contributed by atoms with Gasteiger partial charge in [0.1, 0.15) is 11.6 Å². The molecule has 68 heavy (non-hydrogen) atoms. The molecule has 0 aliphatic carbocycles. The van der Waals surface area contributed by atoms with Crippen LogP contribution in [0.2, 0.25) is 0 Å². The van der Waals surface area contributed by atoms with Crippen molar-refractivity contribution in [2.45, 2.75) is 89.7 Å². The van der Waals surface area contributed by atoms with Crippen LogP contribution in [-0.4, -0.2) is 141 Å². The Morgan fingerprint density at radius 2 is 0.971 bits per heavy atom. The highest BCUT2D eigenvalue weighted by atomic mass is 32.2. The maximum absolute atomic E-state index is 12.4. The third kappa shape index (κ3) is 9.25. The van der Waals surface area contributed by atoms with Gasteiger partial charge in [0.25, 0.3) is 11.8 Å². The number of carbonyl (C=O) groups excluding carboxylic acids is 2. The largest absolute Gasteiger partial charge is 0.392 e. The van der Waals surface area contributed by atoms with E-state index in [2.05, 4.69) is 57.4 Å². The van der Waals surface area contributed by atoms with Crippen LogP contribution in [0.5, 0.6) is 0 Å². The van der Waals surface area contributed by atoms with Crippen LogP contribution >= 0.6 is 0 Å². The molecule has 8 rings (SSSR count). The van der Waals surface area contributed by atoms with Crippen LogP contribution in [0.4, 0.5) is 11.9 Å². The van der Waals surface area contributed by atoms with Gasteiger partial charge in [-0.05, 0) is 61.1 Å². The fraction of sp³-hybridized carbons (Fsp3) is 0.478. The first-order chi connectivity index (χ1) is 31.9. The SMILES string of the molecule is Cc1nc(N2CCn3c(nc4cc(CO)c(S(C)(=O)=O)cc43)[C@@H]2C(C)C)ncc1C(=O)N(C)C.Cc1nc(N2CCn3c(nc4cc(CO)c(S(C)(=O)=O)cc43)[C@H]2C(C)C)ncc1C(=O)N(C)C. The van der Waals surface area contributed by atoms with Crippen molar-refractivity contribution in [2.75, 3.05) is 63.6 Å². The van der Waals surface area contributed by atoms with Crippen molar-refractivity contribution in [1.29, 1.82) is 0 Å². The van der Waals surface area contributed by atoms with Crippen LogP contribution in [0.3, 0.4) is 0 Å². The second-order valence-corrected chi connectivity index (χ2v) is 22.5. The van der Waals surface area contributed by atoms with E-state index in [0.717, 1.165) is 35.2 Å². The number of sulfone groups is 2. The van der Waals surface area contributed by atoms with Crippen LogP contribution in [0.25, 0.3) is 22.1 Å². The normalized spacial score (nSPS) is 16.2. The van der Waals surface area contributed by atoms with E-state index in [0.29, 0.717) is 82.8 Å². The third-order valence-corrected chi connectivity index (χ3v) is 14.7. The third-order valence-electron chi connectivity index (χ3n) is 12.4. The molecular formula is C46H60N12O8S2. The van der Waals surface area contributed by atoms with Gasteiger partial charge in [-0.25, -0.2) is 46.7 Å². The number of nitrogens with zero attached hydrogens (tertiary/aromatic N) is 12. The Balaban J connectivity index is 0.000000201. The van der Waals surface area contributed by atoms with E-state index in [-0.39, 0.29) is 58.7 Å². The van der Waals surface area contributed by atoms with Crippen molar-refractivity contribution < 1.29 is 36.6 Å². The van der Waals surface area contributed by atoms with E-state index in [9.17, 15) is 36.6 Å². The molecular weight excluding hydrogens is 913 g/mol. The molecule has 0 spiro atoms. The van der Waals surface area contributed by atoms with Gasteiger partial charge in [0.15, 0.2) is 19.7 Å². The highest BCUT2D eigenvalue weighted by Crippen LogP contribution is 2.39. The second-order valence-electron chi connectivity index (χ2n) is 18.5. The molecule has 0 saturated carbocycles. The Morgan fingerprint density at radius 3 is 1.25 bits per heavy atom. The number of fused-ring (bicyclic) bond motifs is 6. The molecule has 2 atom stereocenters. The van der Waals surface area contributed by atoms with Gasteiger partial charge in [0, 0.05) is 79.3 Å². The van der Waals surface area contributed by atoms with E-state index in [1.165, 1.54) is 9.80 Å². The van der Waals surface area contributed by atoms with Crippen LogP contribution in [0.15, 0.2) is 46.5 Å². The fourth-order valence-electron chi connectivity index (χ4n) is 9.11. The fourth-order valence-corrected chi connectivity index (χ4v) is 11.0. The predicted octanol–water partition coefficient (Wildman–Crippen LogP) is 3.90. The van der Waals surface area contributed by atoms with Gasteiger partial charge in [-0.15, -0.1) is 0 Å². The molecule has 6 heterocycles. The molecule has 20 nitrogen and oxygen atoms in total. The Bertz CT molecular complexity index is 2970. The number of anilines is 2. The summed E-state index contributed by atoms with van der Waals surface area (Å²) in [6, 6.07) is 6.22. The number of aryl methyl sites for hydroxylation is 2. The van der Waals surface area contributed by atoms with Crippen LogP contribution < -0.4 is 9.80 Å². The average Bonchev–Trinajstić information content (AvgIpc) is 3.83. The molecule has 2 aliphatic heterocycles. The molecule has 4 aromatic heterocycles. The zero-order valence-corrected chi connectivity index (χ0v) is 42.2. The molecule has 0 bridgehead atoms. The number of hydrogen-bond acceptors (Lipinski definition) is 16. The van der Waals surface area contributed by atoms with Gasteiger partial charge >= 0.3 is 0 Å².